The summed E-state index contributed by atoms with van der Waals surface area (Å²) in [6, 6.07) is 5.62. The van der Waals surface area contributed by atoms with Crippen LogP contribution in [0.3, 0.4) is 0 Å². The molecule has 7 nitrogen and oxygen atoms in total. The Hall–Kier alpha value is -3.06. The van der Waals surface area contributed by atoms with E-state index in [1.807, 2.05) is 25.1 Å². The average Bonchev–Trinajstić information content (AvgIpc) is 3.52. The van der Waals surface area contributed by atoms with Crippen molar-refractivity contribution in [2.45, 2.75) is 32.8 Å². The van der Waals surface area contributed by atoms with Crippen LogP contribution in [0.15, 0.2) is 30.6 Å². The van der Waals surface area contributed by atoms with Crippen molar-refractivity contribution in [3.05, 3.63) is 41.9 Å². The molecule has 1 saturated carbocycles. The van der Waals surface area contributed by atoms with E-state index in [9.17, 15) is 9.90 Å². The molecule has 7 heteroatoms. The first-order valence-corrected chi connectivity index (χ1v) is 9.05. The molecule has 1 aliphatic rings. The van der Waals surface area contributed by atoms with Gasteiger partial charge in [0.2, 0.25) is 5.91 Å². The zero-order chi connectivity index (χ0) is 19.0. The van der Waals surface area contributed by atoms with Crippen molar-refractivity contribution in [2.75, 3.05) is 11.1 Å². The summed E-state index contributed by atoms with van der Waals surface area (Å²) in [6.07, 6.45) is 6.02. The van der Waals surface area contributed by atoms with E-state index in [0.717, 1.165) is 41.2 Å². The van der Waals surface area contributed by atoms with Crippen LogP contribution in [0, 0.1) is 5.92 Å². The lowest BCUT2D eigenvalue weighted by Crippen LogP contribution is -2.14. The number of rotatable bonds is 5. The van der Waals surface area contributed by atoms with E-state index in [2.05, 4.69) is 20.3 Å². The number of nitrogens with zero attached hydrogens (tertiary/aromatic N) is 3. The van der Waals surface area contributed by atoms with Gasteiger partial charge >= 0.3 is 0 Å². The fourth-order valence-electron chi connectivity index (χ4n) is 3.11. The second kappa shape index (κ2) is 6.92. The van der Waals surface area contributed by atoms with Crippen molar-refractivity contribution < 1.29 is 9.90 Å². The Morgan fingerprint density at radius 2 is 2.07 bits per heavy atom. The number of nitrogens with two attached hydrogens (primary N) is 1. The normalized spacial score (nSPS) is 13.7. The highest BCUT2D eigenvalue weighted by Crippen LogP contribution is 2.32. The summed E-state index contributed by atoms with van der Waals surface area (Å²) in [5, 5.41) is 13.8. The minimum atomic E-state index is -0.101. The van der Waals surface area contributed by atoms with Crippen LogP contribution in [0.4, 0.5) is 11.6 Å². The topological polar surface area (TPSA) is 114 Å². The average molecular weight is 363 g/mol. The smallest absolute Gasteiger partial charge is 0.228 e. The van der Waals surface area contributed by atoms with E-state index in [-0.39, 0.29) is 18.4 Å². The fourth-order valence-corrected chi connectivity index (χ4v) is 3.11. The number of carbonyl (C=O) groups excluding carboxylic acids is 1. The van der Waals surface area contributed by atoms with Gasteiger partial charge in [-0.25, -0.2) is 9.97 Å². The molecule has 4 rings (SSSR count). The Balaban J connectivity index is 1.76. The number of aromatic nitrogens is 3. The van der Waals surface area contributed by atoms with E-state index >= 15 is 0 Å². The number of pyridine rings is 3. The summed E-state index contributed by atoms with van der Waals surface area (Å²) in [7, 11) is 0. The maximum absolute atomic E-state index is 12.0. The van der Waals surface area contributed by atoms with Gasteiger partial charge in [-0.1, -0.05) is 6.92 Å². The number of anilines is 2. The summed E-state index contributed by atoms with van der Waals surface area (Å²) < 4.78 is 0. The quantitative estimate of drug-likeness (QED) is 0.642. The molecule has 0 unspecified atom stereocenters. The number of aliphatic hydroxyl groups is 1. The van der Waals surface area contributed by atoms with Crippen LogP contribution in [0.5, 0.6) is 0 Å². The molecule has 3 heterocycles. The number of aryl methyl sites for hydroxylation is 1. The van der Waals surface area contributed by atoms with Crippen molar-refractivity contribution in [2.24, 2.45) is 5.92 Å². The van der Waals surface area contributed by atoms with Crippen molar-refractivity contribution >= 4 is 28.3 Å². The molecule has 3 aromatic heterocycles. The van der Waals surface area contributed by atoms with Crippen molar-refractivity contribution in [3.63, 3.8) is 0 Å². The third-order valence-corrected chi connectivity index (χ3v) is 4.81. The SMILES string of the molecule is CCc1cc(CO)ncc1-c1cc2cc(NC(=O)C3CC3)ncc2c(N)n1. The molecule has 1 amide bonds. The fraction of sp³-hybridized carbons (Fsp3) is 0.300. The van der Waals surface area contributed by atoms with Gasteiger partial charge < -0.3 is 16.2 Å². The van der Waals surface area contributed by atoms with Crippen LogP contribution >= 0.6 is 0 Å². The zero-order valence-corrected chi connectivity index (χ0v) is 15.1. The molecule has 0 bridgehead atoms. The minimum absolute atomic E-state index is 0.0150. The summed E-state index contributed by atoms with van der Waals surface area (Å²) in [4.78, 5) is 25.1. The number of fused-ring (bicyclic) bond motifs is 1. The minimum Gasteiger partial charge on any atom is -0.390 e. The lowest BCUT2D eigenvalue weighted by Gasteiger charge is -2.12. The van der Waals surface area contributed by atoms with Gasteiger partial charge in [0.05, 0.1) is 18.0 Å². The largest absolute Gasteiger partial charge is 0.390 e. The number of nitrogen functional groups attached to an aromatic ring is 1. The number of hydrogen-bond acceptors (Lipinski definition) is 6. The number of aliphatic hydroxyl groups excluding tert-OH is 1. The number of amides is 1. The van der Waals surface area contributed by atoms with Gasteiger partial charge in [-0.05, 0) is 48.4 Å². The van der Waals surface area contributed by atoms with E-state index in [0.29, 0.717) is 23.0 Å². The molecule has 27 heavy (non-hydrogen) atoms. The van der Waals surface area contributed by atoms with Crippen LogP contribution in [0.1, 0.15) is 31.0 Å². The van der Waals surface area contributed by atoms with Gasteiger partial charge in [-0.3, -0.25) is 9.78 Å². The molecule has 3 aromatic rings. The van der Waals surface area contributed by atoms with Gasteiger partial charge in [0.1, 0.15) is 11.6 Å². The first kappa shape index (κ1) is 17.4. The second-order valence-electron chi connectivity index (χ2n) is 6.79. The molecular weight excluding hydrogens is 342 g/mol. The summed E-state index contributed by atoms with van der Waals surface area (Å²) >= 11 is 0. The second-order valence-corrected chi connectivity index (χ2v) is 6.79. The molecule has 0 spiro atoms. The molecule has 0 aromatic carbocycles. The Morgan fingerprint density at radius 3 is 2.78 bits per heavy atom. The third-order valence-electron chi connectivity index (χ3n) is 4.81. The third kappa shape index (κ3) is 3.46. The maximum Gasteiger partial charge on any atom is 0.228 e. The highest BCUT2D eigenvalue weighted by Gasteiger charge is 2.29. The molecule has 1 aliphatic carbocycles. The van der Waals surface area contributed by atoms with E-state index in [4.69, 9.17) is 5.73 Å². The van der Waals surface area contributed by atoms with Crippen LogP contribution in [0.25, 0.3) is 22.0 Å². The van der Waals surface area contributed by atoms with Gasteiger partial charge in [0.25, 0.3) is 0 Å². The van der Waals surface area contributed by atoms with Gasteiger partial charge in [0.15, 0.2) is 0 Å². The van der Waals surface area contributed by atoms with Gasteiger partial charge in [-0.2, -0.15) is 0 Å². The van der Waals surface area contributed by atoms with Gasteiger partial charge in [-0.15, -0.1) is 0 Å². The molecule has 0 atom stereocenters. The highest BCUT2D eigenvalue weighted by atomic mass is 16.3. The number of carbonyl (C=O) groups is 1. The highest BCUT2D eigenvalue weighted by molar-refractivity contribution is 5.98. The summed E-state index contributed by atoms with van der Waals surface area (Å²) in [6.45, 7) is 1.94. The Labute approximate surface area is 156 Å². The molecular formula is C20H21N5O2. The van der Waals surface area contributed by atoms with Gasteiger partial charge in [0, 0.05) is 29.3 Å². The Bertz CT molecular complexity index is 1030. The van der Waals surface area contributed by atoms with E-state index < -0.39 is 0 Å². The molecule has 138 valence electrons. The number of nitrogens with one attached hydrogen (secondary N) is 1. The van der Waals surface area contributed by atoms with Crippen LogP contribution in [0.2, 0.25) is 0 Å². The molecule has 0 aliphatic heterocycles. The first-order chi connectivity index (χ1) is 13.1. The van der Waals surface area contributed by atoms with Crippen LogP contribution < -0.4 is 11.1 Å². The van der Waals surface area contributed by atoms with Crippen molar-refractivity contribution in [1.29, 1.82) is 0 Å². The van der Waals surface area contributed by atoms with E-state index in [1.165, 1.54) is 0 Å². The predicted molar refractivity (Wildman–Crippen MR) is 104 cm³/mol. The molecule has 1 fully saturated rings. The summed E-state index contributed by atoms with van der Waals surface area (Å²) in [5.41, 5.74) is 9.40. The number of hydrogen-bond donors (Lipinski definition) is 3. The Kier molecular flexibility index (Phi) is 4.45. The molecule has 4 N–H and O–H groups in total. The monoisotopic (exact) mass is 363 g/mol. The summed E-state index contributed by atoms with van der Waals surface area (Å²) in [5.74, 6) is 1.02. The Morgan fingerprint density at radius 1 is 1.26 bits per heavy atom. The molecule has 0 saturated heterocycles. The lowest BCUT2D eigenvalue weighted by atomic mass is 10.0. The standard InChI is InChI=1S/C20H21N5O2/c1-2-11-5-14(10-26)22-8-15(11)17-6-13-7-18(25-20(27)12-3-4-12)23-9-16(13)19(21)24-17/h5-9,12,26H,2-4,10H2,1H3,(H2,21,24)(H,23,25,27). The van der Waals surface area contributed by atoms with Crippen LogP contribution in [-0.2, 0) is 17.8 Å². The zero-order valence-electron chi connectivity index (χ0n) is 15.1. The lowest BCUT2D eigenvalue weighted by molar-refractivity contribution is -0.117. The van der Waals surface area contributed by atoms with E-state index in [1.54, 1.807) is 12.4 Å². The van der Waals surface area contributed by atoms with Crippen molar-refractivity contribution in [1.82, 2.24) is 15.0 Å². The van der Waals surface area contributed by atoms with Crippen molar-refractivity contribution in [3.8, 4) is 11.3 Å². The predicted octanol–water partition coefficient (Wildman–Crippen LogP) is 2.68. The maximum atomic E-state index is 12.0. The first-order valence-electron chi connectivity index (χ1n) is 9.05. The molecule has 0 radical (unpaired) electrons. The van der Waals surface area contributed by atoms with Crippen LogP contribution in [-0.4, -0.2) is 26.0 Å².